The van der Waals surface area contributed by atoms with Gasteiger partial charge in [-0.25, -0.2) is 8.78 Å². The molecule has 0 aliphatic heterocycles. The molecule has 0 unspecified atom stereocenters. The summed E-state index contributed by atoms with van der Waals surface area (Å²) in [6, 6.07) is 8.33. The molecule has 1 aromatic carbocycles. The molecule has 0 saturated heterocycles. The van der Waals surface area contributed by atoms with Gasteiger partial charge in [0.05, 0.1) is 17.9 Å². The van der Waals surface area contributed by atoms with E-state index in [0.29, 0.717) is 5.69 Å². The number of halogens is 2. The highest BCUT2D eigenvalue weighted by atomic mass is 19.1. The number of hydrogen-bond acceptors (Lipinski definition) is 4. The maximum atomic E-state index is 13.7. The fourth-order valence-corrected chi connectivity index (χ4v) is 2.22. The average molecular weight is 357 g/mol. The molecule has 3 rings (SSSR count). The van der Waals surface area contributed by atoms with Gasteiger partial charge in [-0.05, 0) is 24.3 Å². The molecule has 0 saturated carbocycles. The molecule has 3 aromatic rings. The van der Waals surface area contributed by atoms with Crippen molar-refractivity contribution < 1.29 is 18.4 Å². The lowest BCUT2D eigenvalue weighted by atomic mass is 10.2. The van der Waals surface area contributed by atoms with E-state index in [9.17, 15) is 18.4 Å². The van der Waals surface area contributed by atoms with Crippen molar-refractivity contribution in [3.8, 4) is 0 Å². The third kappa shape index (κ3) is 3.72. The van der Waals surface area contributed by atoms with Crippen LogP contribution in [0.1, 0.15) is 26.5 Å². The van der Waals surface area contributed by atoms with Crippen LogP contribution in [0.15, 0.2) is 48.8 Å². The van der Waals surface area contributed by atoms with Crippen LogP contribution in [0.25, 0.3) is 0 Å². The number of carbonyl (C=O) groups excluding carboxylic acids is 2. The lowest BCUT2D eigenvalue weighted by molar-refractivity contribution is 0.0946. The van der Waals surface area contributed by atoms with E-state index in [0.717, 1.165) is 18.2 Å². The molecule has 0 atom stereocenters. The summed E-state index contributed by atoms with van der Waals surface area (Å²) >= 11 is 0. The second kappa shape index (κ2) is 7.51. The normalized spacial score (nSPS) is 10.4. The number of pyridine rings is 1. The van der Waals surface area contributed by atoms with Crippen LogP contribution in [0.3, 0.4) is 0 Å². The molecule has 2 amide bonds. The lowest BCUT2D eigenvalue weighted by Gasteiger charge is -2.07. The number of benzene rings is 1. The first-order chi connectivity index (χ1) is 12.6. The van der Waals surface area contributed by atoms with E-state index < -0.39 is 29.0 Å². The number of nitrogens with zero attached hydrogens (tertiary/aromatic N) is 2. The minimum atomic E-state index is -1.03. The summed E-state index contributed by atoms with van der Waals surface area (Å²) in [6.45, 7) is 0.155. The highest BCUT2D eigenvalue weighted by molar-refractivity contribution is 6.08. The molecule has 0 radical (unpaired) electrons. The molecule has 0 fully saturated rings. The Morgan fingerprint density at radius 2 is 1.81 bits per heavy atom. The minimum absolute atomic E-state index is 0.00354. The quantitative estimate of drug-likeness (QED) is 0.652. The number of amides is 2. The van der Waals surface area contributed by atoms with Crippen LogP contribution in [-0.4, -0.2) is 27.0 Å². The summed E-state index contributed by atoms with van der Waals surface area (Å²) in [5.41, 5.74) is -0.230. The lowest BCUT2D eigenvalue weighted by Crippen LogP contribution is -2.25. The van der Waals surface area contributed by atoms with Crippen LogP contribution in [0.4, 0.5) is 14.5 Å². The van der Waals surface area contributed by atoms with Crippen molar-refractivity contribution in [2.75, 3.05) is 5.32 Å². The zero-order chi connectivity index (χ0) is 18.5. The summed E-state index contributed by atoms with van der Waals surface area (Å²) in [5.74, 6) is -3.62. The molecule has 26 heavy (non-hydrogen) atoms. The molecule has 9 heteroatoms. The van der Waals surface area contributed by atoms with E-state index in [1.54, 1.807) is 24.4 Å². The van der Waals surface area contributed by atoms with Gasteiger partial charge in [-0.2, -0.15) is 5.10 Å². The molecule has 2 heterocycles. The van der Waals surface area contributed by atoms with Crippen molar-refractivity contribution in [2.45, 2.75) is 6.54 Å². The Bertz CT molecular complexity index is 923. The number of aromatic amines is 1. The first-order valence-corrected chi connectivity index (χ1v) is 7.53. The Balaban J connectivity index is 1.72. The summed E-state index contributed by atoms with van der Waals surface area (Å²) in [4.78, 5) is 28.4. The van der Waals surface area contributed by atoms with Crippen molar-refractivity contribution >= 4 is 17.5 Å². The third-order valence-corrected chi connectivity index (χ3v) is 3.45. The molecule has 2 aromatic heterocycles. The van der Waals surface area contributed by atoms with E-state index >= 15 is 0 Å². The maximum absolute atomic E-state index is 13.7. The van der Waals surface area contributed by atoms with Crippen molar-refractivity contribution in [1.29, 1.82) is 0 Å². The number of carbonyl (C=O) groups is 2. The largest absolute Gasteiger partial charge is 0.345 e. The number of H-pyrrole nitrogens is 1. The molecule has 0 bridgehead atoms. The Hall–Kier alpha value is -3.62. The van der Waals surface area contributed by atoms with Crippen molar-refractivity contribution in [1.82, 2.24) is 20.5 Å². The van der Waals surface area contributed by atoms with Gasteiger partial charge in [0, 0.05) is 12.4 Å². The predicted octanol–water partition coefficient (Wildman–Crippen LogP) is 2.27. The number of aromatic nitrogens is 3. The standard InChI is InChI=1S/C17H13F2N5O2/c18-11-5-3-6-12(19)14(11)16(25)23-13-9-22-24-15(13)17(26)21-8-10-4-1-2-7-20-10/h1-7,9H,8H2,(H,21,26)(H,22,24)(H,23,25). The highest BCUT2D eigenvalue weighted by Crippen LogP contribution is 2.17. The van der Waals surface area contributed by atoms with Crippen molar-refractivity contribution in [3.05, 3.63) is 77.4 Å². The monoisotopic (exact) mass is 357 g/mol. The van der Waals surface area contributed by atoms with Gasteiger partial charge in [-0.15, -0.1) is 0 Å². The van der Waals surface area contributed by atoms with Crippen LogP contribution in [-0.2, 0) is 6.54 Å². The molecule has 0 aliphatic rings. The second-order valence-electron chi connectivity index (χ2n) is 5.20. The topological polar surface area (TPSA) is 99.8 Å². The molecule has 0 aliphatic carbocycles. The smallest absolute Gasteiger partial charge is 0.274 e. The van der Waals surface area contributed by atoms with Gasteiger partial charge >= 0.3 is 0 Å². The number of nitrogens with one attached hydrogen (secondary N) is 3. The van der Waals surface area contributed by atoms with E-state index in [2.05, 4.69) is 25.8 Å². The summed E-state index contributed by atoms with van der Waals surface area (Å²) < 4.78 is 27.4. The first kappa shape index (κ1) is 17.2. The Labute approximate surface area is 146 Å². The number of anilines is 1. The van der Waals surface area contributed by atoms with E-state index in [1.165, 1.54) is 6.20 Å². The molecular weight excluding hydrogens is 344 g/mol. The van der Waals surface area contributed by atoms with Gasteiger partial charge in [0.1, 0.15) is 17.2 Å². The molecular formula is C17H13F2N5O2. The number of rotatable bonds is 5. The fourth-order valence-electron chi connectivity index (χ4n) is 2.22. The Kier molecular flexibility index (Phi) is 4.97. The summed E-state index contributed by atoms with van der Waals surface area (Å²) in [6.07, 6.45) is 2.83. The zero-order valence-corrected chi connectivity index (χ0v) is 13.3. The SMILES string of the molecule is O=C(NCc1ccccn1)c1n[nH]cc1NC(=O)c1c(F)cccc1F. The van der Waals surface area contributed by atoms with Crippen LogP contribution in [0.5, 0.6) is 0 Å². The second-order valence-corrected chi connectivity index (χ2v) is 5.20. The van der Waals surface area contributed by atoms with Gasteiger partial charge in [0.25, 0.3) is 11.8 Å². The maximum Gasteiger partial charge on any atom is 0.274 e. The van der Waals surface area contributed by atoms with E-state index in [4.69, 9.17) is 0 Å². The Morgan fingerprint density at radius 1 is 1.04 bits per heavy atom. The first-order valence-electron chi connectivity index (χ1n) is 7.53. The van der Waals surface area contributed by atoms with Crippen molar-refractivity contribution in [3.63, 3.8) is 0 Å². The van der Waals surface area contributed by atoms with Gasteiger partial charge in [-0.1, -0.05) is 12.1 Å². The summed E-state index contributed by atoms with van der Waals surface area (Å²) in [5, 5.41) is 11.1. The molecule has 132 valence electrons. The van der Waals surface area contributed by atoms with Gasteiger partial charge < -0.3 is 10.6 Å². The van der Waals surface area contributed by atoms with Gasteiger partial charge in [0.15, 0.2) is 5.69 Å². The van der Waals surface area contributed by atoms with Gasteiger partial charge in [0.2, 0.25) is 0 Å². The average Bonchev–Trinajstić information content (AvgIpc) is 3.08. The van der Waals surface area contributed by atoms with Crippen molar-refractivity contribution in [2.24, 2.45) is 0 Å². The van der Waals surface area contributed by atoms with Crippen LogP contribution < -0.4 is 10.6 Å². The zero-order valence-electron chi connectivity index (χ0n) is 13.3. The molecule has 0 spiro atoms. The van der Waals surface area contributed by atoms with Crippen LogP contribution >= 0.6 is 0 Å². The summed E-state index contributed by atoms with van der Waals surface area (Å²) in [7, 11) is 0. The third-order valence-electron chi connectivity index (χ3n) is 3.45. The Morgan fingerprint density at radius 3 is 2.50 bits per heavy atom. The van der Waals surface area contributed by atoms with Crippen LogP contribution in [0.2, 0.25) is 0 Å². The molecule has 3 N–H and O–H groups in total. The minimum Gasteiger partial charge on any atom is -0.345 e. The van der Waals surface area contributed by atoms with E-state index in [-0.39, 0.29) is 17.9 Å². The predicted molar refractivity (Wildman–Crippen MR) is 88.3 cm³/mol. The number of hydrogen-bond donors (Lipinski definition) is 3. The van der Waals surface area contributed by atoms with Gasteiger partial charge in [-0.3, -0.25) is 19.7 Å². The molecule has 7 nitrogen and oxygen atoms in total. The van der Waals surface area contributed by atoms with Crippen LogP contribution in [0, 0.1) is 11.6 Å². The highest BCUT2D eigenvalue weighted by Gasteiger charge is 2.21. The van der Waals surface area contributed by atoms with E-state index in [1.807, 2.05) is 0 Å². The fraction of sp³-hybridized carbons (Fsp3) is 0.0588.